The zero-order valence-corrected chi connectivity index (χ0v) is 9.88. The van der Waals surface area contributed by atoms with E-state index < -0.39 is 11.9 Å². The molecular formula is C15H12O3. The van der Waals surface area contributed by atoms with Crippen molar-refractivity contribution in [2.45, 2.75) is 12.8 Å². The number of fused-ring (bicyclic) bond motifs is 2. The summed E-state index contributed by atoms with van der Waals surface area (Å²) in [7, 11) is 0. The molecule has 18 heavy (non-hydrogen) atoms. The van der Waals surface area contributed by atoms with E-state index in [4.69, 9.17) is 4.74 Å². The van der Waals surface area contributed by atoms with Crippen LogP contribution in [0.5, 0.6) is 11.5 Å². The molecule has 2 aromatic carbocycles. The third-order valence-corrected chi connectivity index (χ3v) is 3.24. The van der Waals surface area contributed by atoms with Crippen molar-refractivity contribution in [3.63, 3.8) is 0 Å². The number of rotatable bonds is 1. The average Bonchev–Trinajstić information content (AvgIpc) is 2.36. The maximum atomic E-state index is 11.5. The van der Waals surface area contributed by atoms with Crippen molar-refractivity contribution >= 4 is 5.97 Å². The standard InChI is InChI=1S/C15H12O3/c1-9-5-4-7-11-13(15(16)17)10-6-2-3-8-12(10)18-14(9)11/h2-8,13H,1H3,(H,16,17)/t13-/m1/s1. The molecule has 0 spiro atoms. The Morgan fingerprint density at radius 3 is 2.61 bits per heavy atom. The Morgan fingerprint density at radius 1 is 1.11 bits per heavy atom. The summed E-state index contributed by atoms with van der Waals surface area (Å²) in [5, 5.41) is 9.47. The van der Waals surface area contributed by atoms with Crippen molar-refractivity contribution in [2.24, 2.45) is 0 Å². The van der Waals surface area contributed by atoms with Crippen molar-refractivity contribution in [1.82, 2.24) is 0 Å². The first-order valence-electron chi connectivity index (χ1n) is 5.77. The quantitative estimate of drug-likeness (QED) is 0.831. The first-order chi connectivity index (χ1) is 8.68. The minimum Gasteiger partial charge on any atom is -0.481 e. The Labute approximate surface area is 105 Å². The van der Waals surface area contributed by atoms with Crippen molar-refractivity contribution < 1.29 is 14.6 Å². The molecule has 1 N–H and O–H groups in total. The Bertz CT molecular complexity index is 631. The lowest BCUT2D eigenvalue weighted by Crippen LogP contribution is -2.18. The summed E-state index contributed by atoms with van der Waals surface area (Å²) in [5.41, 5.74) is 2.39. The molecule has 0 saturated heterocycles. The molecule has 0 aliphatic carbocycles. The van der Waals surface area contributed by atoms with Gasteiger partial charge in [-0.3, -0.25) is 4.79 Å². The molecule has 0 unspecified atom stereocenters. The molecule has 3 heteroatoms. The van der Waals surface area contributed by atoms with Crippen molar-refractivity contribution in [3.05, 3.63) is 59.2 Å². The number of para-hydroxylation sites is 2. The van der Waals surface area contributed by atoms with Crippen LogP contribution in [0.2, 0.25) is 0 Å². The van der Waals surface area contributed by atoms with Crippen LogP contribution < -0.4 is 4.74 Å². The maximum absolute atomic E-state index is 11.5. The molecule has 90 valence electrons. The molecule has 1 aliphatic rings. The number of carboxylic acids is 1. The van der Waals surface area contributed by atoms with E-state index in [-0.39, 0.29) is 0 Å². The van der Waals surface area contributed by atoms with Crippen LogP contribution in [0, 0.1) is 6.92 Å². The predicted octanol–water partition coefficient (Wildman–Crippen LogP) is 3.32. The first-order valence-corrected chi connectivity index (χ1v) is 5.77. The fourth-order valence-electron chi connectivity index (χ4n) is 2.40. The highest BCUT2D eigenvalue weighted by molar-refractivity contribution is 5.84. The predicted molar refractivity (Wildman–Crippen MR) is 67.2 cm³/mol. The van der Waals surface area contributed by atoms with Gasteiger partial charge in [-0.05, 0) is 18.6 Å². The lowest BCUT2D eigenvalue weighted by molar-refractivity contribution is -0.137. The molecule has 0 saturated carbocycles. The van der Waals surface area contributed by atoms with Gasteiger partial charge in [-0.25, -0.2) is 0 Å². The van der Waals surface area contributed by atoms with Crippen LogP contribution in [0.1, 0.15) is 22.6 Å². The number of hydrogen-bond donors (Lipinski definition) is 1. The number of benzene rings is 2. The number of ether oxygens (including phenoxy) is 1. The fraction of sp³-hybridized carbons (Fsp3) is 0.133. The number of carboxylic acid groups (broad SMARTS) is 1. The number of aliphatic carboxylic acids is 1. The van der Waals surface area contributed by atoms with Gasteiger partial charge in [0.25, 0.3) is 0 Å². The SMILES string of the molecule is Cc1cccc2c1Oc1ccccc1[C@H]2C(=O)O. The molecule has 0 fully saturated rings. The average molecular weight is 240 g/mol. The van der Waals surface area contributed by atoms with Crippen molar-refractivity contribution in [3.8, 4) is 11.5 Å². The minimum atomic E-state index is -0.849. The lowest BCUT2D eigenvalue weighted by atomic mass is 9.87. The van der Waals surface area contributed by atoms with E-state index in [9.17, 15) is 9.90 Å². The highest BCUT2D eigenvalue weighted by Crippen LogP contribution is 2.45. The second-order valence-electron chi connectivity index (χ2n) is 4.40. The third-order valence-electron chi connectivity index (χ3n) is 3.24. The number of aryl methyl sites for hydroxylation is 1. The summed E-state index contributed by atoms with van der Waals surface area (Å²) in [6, 6.07) is 12.9. The van der Waals surface area contributed by atoms with Crippen LogP contribution in [0.3, 0.4) is 0 Å². The zero-order chi connectivity index (χ0) is 12.7. The van der Waals surface area contributed by atoms with Gasteiger partial charge in [-0.1, -0.05) is 36.4 Å². The van der Waals surface area contributed by atoms with Gasteiger partial charge in [0.05, 0.1) is 0 Å². The van der Waals surface area contributed by atoms with Crippen molar-refractivity contribution in [2.75, 3.05) is 0 Å². The van der Waals surface area contributed by atoms with Crippen LogP contribution in [-0.2, 0) is 4.79 Å². The van der Waals surface area contributed by atoms with Crippen LogP contribution >= 0.6 is 0 Å². The van der Waals surface area contributed by atoms with Crippen molar-refractivity contribution in [1.29, 1.82) is 0 Å². The summed E-state index contributed by atoms with van der Waals surface area (Å²) in [5.74, 6) is -0.197. The van der Waals surface area contributed by atoms with E-state index in [1.54, 1.807) is 12.1 Å². The fourth-order valence-corrected chi connectivity index (χ4v) is 2.40. The van der Waals surface area contributed by atoms with Gasteiger partial charge in [-0.15, -0.1) is 0 Å². The van der Waals surface area contributed by atoms with Crippen LogP contribution in [0.15, 0.2) is 42.5 Å². The van der Waals surface area contributed by atoms with E-state index in [0.29, 0.717) is 17.1 Å². The topological polar surface area (TPSA) is 46.5 Å². The molecule has 0 bridgehead atoms. The monoisotopic (exact) mass is 240 g/mol. The van der Waals surface area contributed by atoms with Crippen LogP contribution in [0.4, 0.5) is 0 Å². The smallest absolute Gasteiger partial charge is 0.315 e. The molecule has 1 atom stereocenters. The first kappa shape index (κ1) is 10.8. The Morgan fingerprint density at radius 2 is 1.83 bits per heavy atom. The molecule has 1 heterocycles. The third kappa shape index (κ3) is 1.48. The Balaban J connectivity index is 2.27. The lowest BCUT2D eigenvalue weighted by Gasteiger charge is -2.26. The van der Waals surface area contributed by atoms with E-state index in [2.05, 4.69) is 0 Å². The van der Waals surface area contributed by atoms with Gasteiger partial charge in [-0.2, -0.15) is 0 Å². The molecule has 3 rings (SSSR count). The second-order valence-corrected chi connectivity index (χ2v) is 4.40. The summed E-state index contributed by atoms with van der Waals surface area (Å²) in [4.78, 5) is 11.5. The van der Waals surface area contributed by atoms with E-state index >= 15 is 0 Å². The van der Waals surface area contributed by atoms with Gasteiger partial charge >= 0.3 is 5.97 Å². The summed E-state index contributed by atoms with van der Waals surface area (Å²) in [6.45, 7) is 1.92. The van der Waals surface area contributed by atoms with Gasteiger partial charge in [0.1, 0.15) is 17.4 Å². The molecule has 1 aliphatic heterocycles. The highest BCUT2D eigenvalue weighted by atomic mass is 16.5. The summed E-state index contributed by atoms with van der Waals surface area (Å²) >= 11 is 0. The second kappa shape index (κ2) is 3.88. The molecule has 0 aromatic heterocycles. The molecular weight excluding hydrogens is 228 g/mol. The van der Waals surface area contributed by atoms with Gasteiger partial charge in [0, 0.05) is 11.1 Å². The van der Waals surface area contributed by atoms with Gasteiger partial charge in [0.15, 0.2) is 0 Å². The summed E-state index contributed by atoms with van der Waals surface area (Å²) in [6.07, 6.45) is 0. The maximum Gasteiger partial charge on any atom is 0.315 e. The van der Waals surface area contributed by atoms with Gasteiger partial charge < -0.3 is 9.84 Å². The highest BCUT2D eigenvalue weighted by Gasteiger charge is 2.32. The minimum absolute atomic E-state index is 0.631. The van der Waals surface area contributed by atoms with E-state index in [1.165, 1.54) is 0 Å². The molecule has 2 aromatic rings. The number of hydrogen-bond acceptors (Lipinski definition) is 2. The summed E-state index contributed by atoms with van der Waals surface area (Å²) < 4.78 is 5.83. The van der Waals surface area contributed by atoms with Gasteiger partial charge in [0.2, 0.25) is 0 Å². The molecule has 0 amide bonds. The van der Waals surface area contributed by atoms with Crippen LogP contribution in [0.25, 0.3) is 0 Å². The van der Waals surface area contributed by atoms with Crippen LogP contribution in [-0.4, -0.2) is 11.1 Å². The normalized spacial score (nSPS) is 16.4. The zero-order valence-electron chi connectivity index (χ0n) is 9.88. The molecule has 3 nitrogen and oxygen atoms in total. The largest absolute Gasteiger partial charge is 0.481 e. The Hall–Kier alpha value is -2.29. The number of carbonyl (C=O) groups is 1. The molecule has 0 radical (unpaired) electrons. The Kier molecular flexibility index (Phi) is 2.33. The van der Waals surface area contributed by atoms with E-state index in [0.717, 1.165) is 11.1 Å². The van der Waals surface area contributed by atoms with E-state index in [1.807, 2.05) is 37.3 Å².